The van der Waals surface area contributed by atoms with Gasteiger partial charge in [0.15, 0.2) is 0 Å². The van der Waals surface area contributed by atoms with Crippen molar-refractivity contribution < 1.29 is 14.3 Å². The number of hydrogen-bond donors (Lipinski definition) is 0. The molecule has 0 aromatic rings. The molecule has 1 aliphatic rings. The quantitative estimate of drug-likeness (QED) is 0.724. The van der Waals surface area contributed by atoms with Gasteiger partial charge in [-0.1, -0.05) is 27.2 Å². The maximum atomic E-state index is 11.7. The van der Waals surface area contributed by atoms with Gasteiger partial charge in [-0.2, -0.15) is 4.42 Å². The maximum absolute atomic E-state index is 11.7. The van der Waals surface area contributed by atoms with E-state index in [2.05, 4.69) is 20.8 Å². The van der Waals surface area contributed by atoms with Crippen molar-refractivity contribution in [2.24, 2.45) is 17.8 Å². The second-order valence-corrected chi connectivity index (χ2v) is 5.89. The molecule has 1 rings (SSSR count). The minimum Gasteiger partial charge on any atom is -0.445 e. The van der Waals surface area contributed by atoms with E-state index < -0.39 is 12.0 Å². The summed E-state index contributed by atoms with van der Waals surface area (Å²) < 4.78 is 5.90. The second kappa shape index (κ2) is 6.41. The van der Waals surface area contributed by atoms with Crippen LogP contribution in [-0.2, 0) is 9.53 Å². The van der Waals surface area contributed by atoms with E-state index >= 15 is 0 Å². The van der Waals surface area contributed by atoms with Gasteiger partial charge in [0.25, 0.3) is 0 Å². The van der Waals surface area contributed by atoms with Crippen LogP contribution in [0, 0.1) is 17.8 Å². The summed E-state index contributed by atoms with van der Waals surface area (Å²) in [4.78, 5) is 22.7. The molecule has 104 valence electrons. The van der Waals surface area contributed by atoms with Crippen LogP contribution in [0.25, 0.3) is 0 Å². The van der Waals surface area contributed by atoms with Gasteiger partial charge >= 0.3 is 6.09 Å². The molecule has 1 saturated carbocycles. The lowest BCUT2D eigenvalue weighted by molar-refractivity contribution is -0.123. The van der Waals surface area contributed by atoms with E-state index in [9.17, 15) is 9.59 Å². The van der Waals surface area contributed by atoms with Gasteiger partial charge in [-0.3, -0.25) is 4.79 Å². The Kier molecular flexibility index (Phi) is 5.45. The van der Waals surface area contributed by atoms with Crippen LogP contribution < -0.4 is 0 Å². The Hall–Kier alpha value is -0.770. The van der Waals surface area contributed by atoms with Gasteiger partial charge in [-0.05, 0) is 30.6 Å². The summed E-state index contributed by atoms with van der Waals surface area (Å²) in [5, 5.41) is 0. The van der Waals surface area contributed by atoms with E-state index in [1.54, 1.807) is 0 Å². The number of ether oxygens (including phenoxy) is 1. The molecule has 0 spiro atoms. The summed E-state index contributed by atoms with van der Waals surface area (Å²) >= 11 is 5.56. The minimum atomic E-state index is -0.756. The number of carbonyl (C=O) groups is 2. The van der Waals surface area contributed by atoms with Gasteiger partial charge < -0.3 is 4.74 Å². The summed E-state index contributed by atoms with van der Waals surface area (Å²) in [5.41, 5.74) is 0. The number of carbonyl (C=O) groups excluding carboxylic acids is 2. The second-order valence-electron chi connectivity index (χ2n) is 5.55. The van der Waals surface area contributed by atoms with E-state index in [0.29, 0.717) is 22.2 Å². The van der Waals surface area contributed by atoms with Crippen molar-refractivity contribution in [1.82, 2.24) is 4.42 Å². The van der Waals surface area contributed by atoms with Crippen LogP contribution in [0.15, 0.2) is 0 Å². The van der Waals surface area contributed by atoms with Gasteiger partial charge in [0.2, 0.25) is 5.91 Å². The topological polar surface area (TPSA) is 46.6 Å². The number of rotatable bonds is 2. The molecule has 0 heterocycles. The Morgan fingerprint density at radius 2 is 1.94 bits per heavy atom. The van der Waals surface area contributed by atoms with Crippen LogP contribution in [-0.4, -0.2) is 22.5 Å². The Bertz CT molecular complexity index is 319. The highest BCUT2D eigenvalue weighted by Crippen LogP contribution is 2.35. The zero-order chi connectivity index (χ0) is 13.9. The van der Waals surface area contributed by atoms with Crippen molar-refractivity contribution in [3.05, 3.63) is 0 Å². The highest BCUT2D eigenvalue weighted by molar-refractivity contribution is 6.28. The normalized spacial score (nSPS) is 28.0. The van der Waals surface area contributed by atoms with Crippen molar-refractivity contribution in [3.8, 4) is 0 Å². The first-order chi connectivity index (χ1) is 8.32. The van der Waals surface area contributed by atoms with Crippen molar-refractivity contribution in [2.45, 2.75) is 53.1 Å². The third kappa shape index (κ3) is 3.87. The average Bonchev–Trinajstić information content (AvgIpc) is 2.27. The Morgan fingerprint density at radius 3 is 2.44 bits per heavy atom. The largest absolute Gasteiger partial charge is 0.445 e. The fourth-order valence-electron chi connectivity index (χ4n) is 2.55. The van der Waals surface area contributed by atoms with E-state index in [1.165, 1.54) is 6.92 Å². The molecular formula is C13H22ClNO3. The van der Waals surface area contributed by atoms with Crippen LogP contribution in [0.4, 0.5) is 4.79 Å². The lowest BCUT2D eigenvalue weighted by Gasteiger charge is -2.36. The molecular weight excluding hydrogens is 254 g/mol. The summed E-state index contributed by atoms with van der Waals surface area (Å²) in [5.74, 6) is 0.823. The van der Waals surface area contributed by atoms with Crippen LogP contribution in [0.3, 0.4) is 0 Å². The number of imide groups is 1. The summed E-state index contributed by atoms with van der Waals surface area (Å²) in [6.07, 6.45) is 2.17. The molecule has 5 heteroatoms. The van der Waals surface area contributed by atoms with E-state index in [1.807, 2.05) is 0 Å². The molecule has 1 aliphatic carbocycles. The first-order valence-electron chi connectivity index (χ1n) is 6.50. The van der Waals surface area contributed by atoms with E-state index in [0.717, 1.165) is 19.3 Å². The molecule has 4 nitrogen and oxygen atoms in total. The summed E-state index contributed by atoms with van der Waals surface area (Å²) in [7, 11) is 0. The smallest absolute Gasteiger partial charge is 0.432 e. The molecule has 0 aromatic carbocycles. The zero-order valence-corrected chi connectivity index (χ0v) is 12.2. The lowest BCUT2D eigenvalue weighted by atomic mass is 9.75. The zero-order valence-electron chi connectivity index (χ0n) is 11.5. The molecule has 0 saturated heterocycles. The van der Waals surface area contributed by atoms with Gasteiger partial charge in [0.1, 0.15) is 6.10 Å². The molecule has 0 radical (unpaired) electrons. The molecule has 0 unspecified atom stereocenters. The first kappa shape index (κ1) is 15.3. The van der Waals surface area contributed by atoms with Crippen LogP contribution >= 0.6 is 11.8 Å². The predicted molar refractivity (Wildman–Crippen MR) is 70.0 cm³/mol. The number of hydrogen-bond acceptors (Lipinski definition) is 3. The maximum Gasteiger partial charge on any atom is 0.432 e. The molecule has 0 bridgehead atoms. The molecule has 0 aromatic heterocycles. The molecule has 1 fully saturated rings. The number of nitrogens with zero attached hydrogens (tertiary/aromatic N) is 1. The molecule has 0 N–H and O–H groups in total. The minimum absolute atomic E-state index is 0.137. The van der Waals surface area contributed by atoms with Crippen molar-refractivity contribution in [1.29, 1.82) is 0 Å². The highest BCUT2D eigenvalue weighted by Gasteiger charge is 2.34. The average molecular weight is 276 g/mol. The lowest BCUT2D eigenvalue weighted by Crippen LogP contribution is -2.39. The standard InChI is InChI=1S/C13H22ClNO3/c1-8(2)11-6-5-9(3)7-12(11)18-13(17)15(14)10(4)16/h8-9,11-12H,5-7H2,1-4H3/t9-,11+,12-/m1/s1. The monoisotopic (exact) mass is 275 g/mol. The Morgan fingerprint density at radius 1 is 1.33 bits per heavy atom. The fraction of sp³-hybridized carbons (Fsp3) is 0.846. The van der Waals surface area contributed by atoms with Gasteiger partial charge in [-0.25, -0.2) is 4.79 Å². The van der Waals surface area contributed by atoms with Crippen molar-refractivity contribution >= 4 is 23.8 Å². The molecule has 3 atom stereocenters. The number of amides is 2. The van der Waals surface area contributed by atoms with Crippen LogP contribution in [0.2, 0.25) is 0 Å². The van der Waals surface area contributed by atoms with Crippen LogP contribution in [0.1, 0.15) is 47.0 Å². The Balaban J connectivity index is 2.66. The molecule has 0 aliphatic heterocycles. The van der Waals surface area contributed by atoms with Gasteiger partial charge in [0, 0.05) is 18.7 Å². The van der Waals surface area contributed by atoms with Crippen molar-refractivity contribution in [3.63, 3.8) is 0 Å². The van der Waals surface area contributed by atoms with E-state index in [-0.39, 0.29) is 6.10 Å². The van der Waals surface area contributed by atoms with Crippen LogP contribution in [0.5, 0.6) is 0 Å². The van der Waals surface area contributed by atoms with Gasteiger partial charge in [-0.15, -0.1) is 0 Å². The fourth-order valence-corrected chi connectivity index (χ4v) is 2.59. The summed E-state index contributed by atoms with van der Waals surface area (Å²) in [6.45, 7) is 7.65. The SMILES string of the molecule is CC(=O)N(Cl)C(=O)O[C@@H]1C[C@H](C)CC[C@H]1C(C)C. The molecule has 2 amide bonds. The third-order valence-electron chi connectivity index (χ3n) is 3.65. The molecule has 18 heavy (non-hydrogen) atoms. The first-order valence-corrected chi connectivity index (χ1v) is 6.83. The van der Waals surface area contributed by atoms with Gasteiger partial charge in [0.05, 0.1) is 0 Å². The predicted octanol–water partition coefficient (Wildman–Crippen LogP) is 3.59. The highest BCUT2D eigenvalue weighted by atomic mass is 35.5. The van der Waals surface area contributed by atoms with Crippen molar-refractivity contribution in [2.75, 3.05) is 0 Å². The van der Waals surface area contributed by atoms with E-state index in [4.69, 9.17) is 16.5 Å². The summed E-state index contributed by atoms with van der Waals surface area (Å²) in [6, 6.07) is 0. The Labute approximate surface area is 114 Å². The number of halogens is 1. The third-order valence-corrected chi connectivity index (χ3v) is 4.03.